The summed E-state index contributed by atoms with van der Waals surface area (Å²) in [6.07, 6.45) is 1.64. The van der Waals surface area contributed by atoms with E-state index in [0.717, 1.165) is 22.2 Å². The predicted octanol–water partition coefficient (Wildman–Crippen LogP) is 3.97. The third-order valence-corrected chi connectivity index (χ3v) is 5.59. The molecule has 0 amide bonds. The van der Waals surface area contributed by atoms with Crippen molar-refractivity contribution in [3.8, 4) is 23.0 Å². The zero-order valence-corrected chi connectivity index (χ0v) is 19.6. The molecule has 35 heavy (non-hydrogen) atoms. The average Bonchev–Trinajstić information content (AvgIpc) is 2.91. The number of nitrogens with one attached hydrogen (secondary N) is 1. The second-order valence-corrected chi connectivity index (χ2v) is 8.21. The summed E-state index contributed by atoms with van der Waals surface area (Å²) in [7, 11) is 1.63. The van der Waals surface area contributed by atoms with Crippen molar-refractivity contribution in [2.45, 2.75) is 18.6 Å². The van der Waals surface area contributed by atoms with Gasteiger partial charge in [0.1, 0.15) is 35.7 Å². The molecule has 3 N–H and O–H groups in total. The van der Waals surface area contributed by atoms with Crippen LogP contribution in [0.15, 0.2) is 85.1 Å². The minimum Gasteiger partial charge on any atom is -0.497 e. The van der Waals surface area contributed by atoms with E-state index in [-0.39, 0.29) is 19.3 Å². The van der Waals surface area contributed by atoms with E-state index in [0.29, 0.717) is 30.2 Å². The SMILES string of the molecule is COc1ccc2c(Oc3ccc(C[C@@H](CO)NC[C@H](O)COc4ccccc4)cc3)ccnc2c1. The van der Waals surface area contributed by atoms with Gasteiger partial charge in [-0.1, -0.05) is 30.3 Å². The van der Waals surface area contributed by atoms with Gasteiger partial charge in [-0.3, -0.25) is 4.98 Å². The van der Waals surface area contributed by atoms with Crippen LogP contribution in [-0.4, -0.2) is 54.2 Å². The lowest BCUT2D eigenvalue weighted by Gasteiger charge is -2.19. The fourth-order valence-electron chi connectivity index (χ4n) is 3.69. The van der Waals surface area contributed by atoms with E-state index in [1.54, 1.807) is 13.3 Å². The monoisotopic (exact) mass is 474 g/mol. The second-order valence-electron chi connectivity index (χ2n) is 8.21. The summed E-state index contributed by atoms with van der Waals surface area (Å²) in [5.74, 6) is 2.88. The first kappa shape index (κ1) is 24.5. The minimum atomic E-state index is -0.685. The number of ether oxygens (including phenoxy) is 3. The minimum absolute atomic E-state index is 0.0447. The third kappa shape index (κ3) is 6.93. The molecule has 7 nitrogen and oxygen atoms in total. The summed E-state index contributed by atoms with van der Waals surface area (Å²) in [4.78, 5) is 4.39. The Balaban J connectivity index is 1.30. The van der Waals surface area contributed by atoms with Gasteiger partial charge in [-0.2, -0.15) is 0 Å². The lowest BCUT2D eigenvalue weighted by atomic mass is 10.1. The Kier molecular flexibility index (Phi) is 8.51. The van der Waals surface area contributed by atoms with Crippen molar-refractivity contribution in [2.75, 3.05) is 26.9 Å². The number of para-hydroxylation sites is 1. The maximum absolute atomic E-state index is 10.2. The molecular formula is C28H30N2O5. The highest BCUT2D eigenvalue weighted by atomic mass is 16.5. The molecule has 0 aliphatic carbocycles. The Hall–Kier alpha value is -3.65. The zero-order valence-electron chi connectivity index (χ0n) is 19.6. The van der Waals surface area contributed by atoms with Crippen molar-refractivity contribution >= 4 is 10.9 Å². The number of methoxy groups -OCH3 is 1. The van der Waals surface area contributed by atoms with Crippen LogP contribution in [0.25, 0.3) is 10.9 Å². The standard InChI is InChI=1S/C28H30N2O5/c1-33-25-11-12-26-27(16-25)29-14-13-28(26)35-24-9-7-20(8-10-24)15-21(18-31)30-17-22(32)19-34-23-5-3-2-4-6-23/h2-14,16,21-22,30-32H,15,17-19H2,1H3/t21-,22-/m0/s1. The van der Waals surface area contributed by atoms with E-state index in [4.69, 9.17) is 14.2 Å². The van der Waals surface area contributed by atoms with E-state index in [1.807, 2.05) is 78.9 Å². The van der Waals surface area contributed by atoms with Crippen LogP contribution in [0, 0.1) is 0 Å². The summed E-state index contributed by atoms with van der Waals surface area (Å²) in [6.45, 7) is 0.452. The molecule has 0 spiro atoms. The molecular weight excluding hydrogens is 444 g/mol. The highest BCUT2D eigenvalue weighted by Crippen LogP contribution is 2.30. The maximum Gasteiger partial charge on any atom is 0.138 e. The van der Waals surface area contributed by atoms with Gasteiger partial charge < -0.3 is 29.7 Å². The van der Waals surface area contributed by atoms with E-state index in [1.165, 1.54) is 0 Å². The molecule has 1 heterocycles. The van der Waals surface area contributed by atoms with Crippen LogP contribution in [0.1, 0.15) is 5.56 Å². The van der Waals surface area contributed by atoms with Crippen molar-refractivity contribution in [1.82, 2.24) is 10.3 Å². The number of benzene rings is 3. The Morgan fingerprint density at radius 1 is 0.914 bits per heavy atom. The summed E-state index contributed by atoms with van der Waals surface area (Å²) in [6, 6.07) is 24.5. The number of hydrogen-bond donors (Lipinski definition) is 3. The quantitative estimate of drug-likeness (QED) is 0.286. The van der Waals surface area contributed by atoms with Gasteiger partial charge in [-0.15, -0.1) is 0 Å². The van der Waals surface area contributed by atoms with Crippen LogP contribution in [0.3, 0.4) is 0 Å². The molecule has 1 aromatic heterocycles. The first-order valence-electron chi connectivity index (χ1n) is 11.5. The number of fused-ring (bicyclic) bond motifs is 1. The van der Waals surface area contributed by atoms with Gasteiger partial charge in [0.25, 0.3) is 0 Å². The van der Waals surface area contributed by atoms with Crippen LogP contribution in [0.4, 0.5) is 0 Å². The largest absolute Gasteiger partial charge is 0.497 e. The molecule has 0 radical (unpaired) electrons. The van der Waals surface area contributed by atoms with Crippen molar-refractivity contribution < 1.29 is 24.4 Å². The molecule has 2 atom stereocenters. The molecule has 0 aliphatic rings. The normalized spacial score (nSPS) is 12.8. The summed E-state index contributed by atoms with van der Waals surface area (Å²) >= 11 is 0. The van der Waals surface area contributed by atoms with Crippen molar-refractivity contribution in [1.29, 1.82) is 0 Å². The van der Waals surface area contributed by atoms with Crippen molar-refractivity contribution in [2.24, 2.45) is 0 Å². The van der Waals surface area contributed by atoms with Crippen LogP contribution in [-0.2, 0) is 6.42 Å². The fraction of sp³-hybridized carbons (Fsp3) is 0.250. The van der Waals surface area contributed by atoms with Gasteiger partial charge in [-0.25, -0.2) is 0 Å². The van der Waals surface area contributed by atoms with Gasteiger partial charge in [0.05, 0.1) is 19.2 Å². The smallest absolute Gasteiger partial charge is 0.138 e. The summed E-state index contributed by atoms with van der Waals surface area (Å²) in [5.41, 5.74) is 1.84. The Morgan fingerprint density at radius 3 is 2.43 bits per heavy atom. The van der Waals surface area contributed by atoms with Gasteiger partial charge >= 0.3 is 0 Å². The summed E-state index contributed by atoms with van der Waals surface area (Å²) < 4.78 is 16.9. The molecule has 0 aliphatic heterocycles. The third-order valence-electron chi connectivity index (χ3n) is 5.59. The van der Waals surface area contributed by atoms with Crippen LogP contribution in [0.5, 0.6) is 23.0 Å². The number of hydrogen-bond acceptors (Lipinski definition) is 7. The zero-order chi connectivity index (χ0) is 24.5. The van der Waals surface area contributed by atoms with Crippen molar-refractivity contribution in [3.63, 3.8) is 0 Å². The van der Waals surface area contributed by atoms with Crippen LogP contribution >= 0.6 is 0 Å². The number of aromatic nitrogens is 1. The number of aliphatic hydroxyl groups excluding tert-OH is 2. The van der Waals surface area contributed by atoms with Gasteiger partial charge in [0.2, 0.25) is 0 Å². The van der Waals surface area contributed by atoms with E-state index < -0.39 is 6.10 Å². The first-order chi connectivity index (χ1) is 17.1. The molecule has 0 bridgehead atoms. The topological polar surface area (TPSA) is 93.1 Å². The Bertz CT molecular complexity index is 1200. The molecule has 0 saturated carbocycles. The highest BCUT2D eigenvalue weighted by Gasteiger charge is 2.12. The van der Waals surface area contributed by atoms with Gasteiger partial charge in [0, 0.05) is 30.2 Å². The van der Waals surface area contributed by atoms with Crippen molar-refractivity contribution in [3.05, 3.63) is 90.6 Å². The fourth-order valence-corrected chi connectivity index (χ4v) is 3.69. The van der Waals surface area contributed by atoms with Crippen LogP contribution < -0.4 is 19.5 Å². The molecule has 0 saturated heterocycles. The van der Waals surface area contributed by atoms with Gasteiger partial charge in [0.15, 0.2) is 0 Å². The van der Waals surface area contributed by atoms with Gasteiger partial charge in [-0.05, 0) is 54.4 Å². The average molecular weight is 475 g/mol. The Morgan fingerprint density at radius 2 is 1.69 bits per heavy atom. The summed E-state index contributed by atoms with van der Waals surface area (Å²) in [5, 5.41) is 24.1. The predicted molar refractivity (Wildman–Crippen MR) is 135 cm³/mol. The van der Waals surface area contributed by atoms with E-state index in [9.17, 15) is 10.2 Å². The first-order valence-corrected chi connectivity index (χ1v) is 11.5. The number of aliphatic hydroxyl groups is 2. The highest BCUT2D eigenvalue weighted by molar-refractivity contribution is 5.86. The van der Waals surface area contributed by atoms with E-state index >= 15 is 0 Å². The molecule has 4 rings (SSSR count). The molecule has 3 aromatic carbocycles. The Labute approximate surface area is 204 Å². The maximum atomic E-state index is 10.2. The second kappa shape index (κ2) is 12.2. The molecule has 7 heteroatoms. The lowest BCUT2D eigenvalue weighted by Crippen LogP contribution is -2.41. The number of pyridine rings is 1. The number of rotatable bonds is 12. The molecule has 182 valence electrons. The molecule has 0 fully saturated rings. The molecule has 4 aromatic rings. The lowest BCUT2D eigenvalue weighted by molar-refractivity contribution is 0.0997. The van der Waals surface area contributed by atoms with E-state index in [2.05, 4.69) is 10.3 Å². The van der Waals surface area contributed by atoms with Crippen LogP contribution in [0.2, 0.25) is 0 Å². The number of nitrogens with zero attached hydrogens (tertiary/aromatic N) is 1. The molecule has 0 unspecified atom stereocenters.